The second kappa shape index (κ2) is 10.4. The first-order valence-electron chi connectivity index (χ1n) is 11.0. The van der Waals surface area contributed by atoms with E-state index >= 15 is 0 Å². The van der Waals surface area contributed by atoms with E-state index in [1.54, 1.807) is 14.2 Å². The molecule has 4 nitrogen and oxygen atoms in total. The summed E-state index contributed by atoms with van der Waals surface area (Å²) in [4.78, 5) is 15.2. The summed E-state index contributed by atoms with van der Waals surface area (Å²) in [6.45, 7) is 7.78. The van der Waals surface area contributed by atoms with Crippen LogP contribution < -0.4 is 9.47 Å². The first-order valence-corrected chi connectivity index (χ1v) is 11.0. The van der Waals surface area contributed by atoms with Crippen LogP contribution in [-0.2, 0) is 18.4 Å². The van der Waals surface area contributed by atoms with Crippen LogP contribution in [0.5, 0.6) is 11.5 Å². The zero-order chi connectivity index (χ0) is 23.1. The molecule has 4 heteroatoms. The van der Waals surface area contributed by atoms with Gasteiger partial charge < -0.3 is 14.4 Å². The van der Waals surface area contributed by atoms with E-state index in [2.05, 4.69) is 45.0 Å². The molecule has 0 aliphatic carbocycles. The molecule has 0 spiro atoms. The number of ether oxygens (including phenoxy) is 2. The van der Waals surface area contributed by atoms with Crippen molar-refractivity contribution in [3.63, 3.8) is 0 Å². The minimum absolute atomic E-state index is 0.0333. The van der Waals surface area contributed by atoms with E-state index in [-0.39, 0.29) is 11.3 Å². The van der Waals surface area contributed by atoms with Gasteiger partial charge in [0.15, 0.2) is 11.5 Å². The third-order valence-corrected chi connectivity index (χ3v) is 5.62. The van der Waals surface area contributed by atoms with Crippen molar-refractivity contribution >= 4 is 5.91 Å². The average Bonchev–Trinajstić information content (AvgIpc) is 2.81. The molecule has 3 rings (SSSR count). The molecule has 168 valence electrons. The Morgan fingerprint density at radius 1 is 0.812 bits per heavy atom. The van der Waals surface area contributed by atoms with Crippen LogP contribution in [0.2, 0.25) is 0 Å². The van der Waals surface area contributed by atoms with Gasteiger partial charge in [0.05, 0.1) is 14.2 Å². The Morgan fingerprint density at radius 2 is 1.44 bits per heavy atom. The molecule has 0 aliphatic heterocycles. The summed E-state index contributed by atoms with van der Waals surface area (Å²) in [6.07, 6.45) is 0.721. The van der Waals surface area contributed by atoms with Gasteiger partial charge in [0.25, 0.3) is 5.91 Å². The Bertz CT molecular complexity index is 1020. The number of amides is 1. The zero-order valence-electron chi connectivity index (χ0n) is 19.7. The third-order valence-electron chi connectivity index (χ3n) is 5.62. The Balaban J connectivity index is 1.80. The van der Waals surface area contributed by atoms with Crippen molar-refractivity contribution in [2.24, 2.45) is 0 Å². The fraction of sp³-hybridized carbons (Fsp3) is 0.321. The van der Waals surface area contributed by atoms with Crippen molar-refractivity contribution in [3.8, 4) is 11.5 Å². The number of methoxy groups -OCH3 is 2. The first kappa shape index (κ1) is 23.4. The number of hydrogen-bond acceptors (Lipinski definition) is 3. The number of hydrogen-bond donors (Lipinski definition) is 0. The second-order valence-corrected chi connectivity index (χ2v) is 8.98. The molecule has 32 heavy (non-hydrogen) atoms. The van der Waals surface area contributed by atoms with Gasteiger partial charge in [-0.25, -0.2) is 0 Å². The van der Waals surface area contributed by atoms with Crippen LogP contribution in [0.3, 0.4) is 0 Å². The van der Waals surface area contributed by atoms with Crippen molar-refractivity contribution in [3.05, 3.63) is 95.1 Å². The quantitative estimate of drug-likeness (QED) is 0.447. The van der Waals surface area contributed by atoms with Crippen LogP contribution in [-0.4, -0.2) is 31.6 Å². The Kier molecular flexibility index (Phi) is 7.57. The van der Waals surface area contributed by atoms with Crippen molar-refractivity contribution in [2.75, 3.05) is 20.8 Å². The summed E-state index contributed by atoms with van der Waals surface area (Å²) in [5.41, 5.74) is 4.30. The minimum Gasteiger partial charge on any atom is -0.493 e. The highest BCUT2D eigenvalue weighted by molar-refractivity contribution is 5.94. The lowest BCUT2D eigenvalue weighted by atomic mass is 9.87. The molecule has 0 saturated carbocycles. The van der Waals surface area contributed by atoms with Crippen LogP contribution in [0.4, 0.5) is 0 Å². The average molecular weight is 432 g/mol. The van der Waals surface area contributed by atoms with Gasteiger partial charge >= 0.3 is 0 Å². The monoisotopic (exact) mass is 431 g/mol. The summed E-state index contributed by atoms with van der Waals surface area (Å²) >= 11 is 0. The first-order chi connectivity index (χ1) is 15.3. The molecule has 0 heterocycles. The van der Waals surface area contributed by atoms with Gasteiger partial charge in [0.2, 0.25) is 0 Å². The van der Waals surface area contributed by atoms with Crippen LogP contribution in [0.1, 0.15) is 47.8 Å². The fourth-order valence-electron chi connectivity index (χ4n) is 3.65. The Labute approximate surface area is 191 Å². The molecular weight excluding hydrogens is 398 g/mol. The lowest BCUT2D eigenvalue weighted by molar-refractivity contribution is 0.0745. The molecule has 0 aliphatic rings. The number of benzene rings is 3. The van der Waals surface area contributed by atoms with Crippen molar-refractivity contribution in [2.45, 2.75) is 39.2 Å². The molecule has 0 aromatic heterocycles. The van der Waals surface area contributed by atoms with Gasteiger partial charge in [-0.05, 0) is 52.8 Å². The maximum Gasteiger partial charge on any atom is 0.254 e. The number of rotatable bonds is 8. The predicted molar refractivity (Wildman–Crippen MR) is 130 cm³/mol. The molecule has 3 aromatic rings. The molecule has 0 N–H and O–H groups in total. The van der Waals surface area contributed by atoms with Gasteiger partial charge in [-0.15, -0.1) is 0 Å². The van der Waals surface area contributed by atoms with E-state index in [9.17, 15) is 4.79 Å². The normalized spacial score (nSPS) is 11.2. The van der Waals surface area contributed by atoms with Crippen LogP contribution in [0, 0.1) is 0 Å². The summed E-state index contributed by atoms with van der Waals surface area (Å²) in [5, 5.41) is 0. The smallest absolute Gasteiger partial charge is 0.254 e. The molecular formula is C28H33NO3. The number of carbonyl (C=O) groups is 1. The summed E-state index contributed by atoms with van der Waals surface area (Å²) < 4.78 is 10.8. The molecule has 0 bridgehead atoms. The van der Waals surface area contributed by atoms with Crippen LogP contribution >= 0.6 is 0 Å². The van der Waals surface area contributed by atoms with E-state index < -0.39 is 0 Å². The van der Waals surface area contributed by atoms with Gasteiger partial charge in [-0.1, -0.05) is 69.3 Å². The third kappa shape index (κ3) is 5.91. The molecule has 0 unspecified atom stereocenters. The molecule has 0 saturated heterocycles. The highest BCUT2D eigenvalue weighted by Gasteiger charge is 2.18. The Hall–Kier alpha value is -3.27. The van der Waals surface area contributed by atoms with E-state index in [4.69, 9.17) is 9.47 Å². The zero-order valence-corrected chi connectivity index (χ0v) is 19.7. The Morgan fingerprint density at radius 3 is 2.03 bits per heavy atom. The van der Waals surface area contributed by atoms with E-state index in [0.717, 1.165) is 17.5 Å². The molecule has 1 amide bonds. The molecule has 3 aromatic carbocycles. The highest BCUT2D eigenvalue weighted by atomic mass is 16.5. The topological polar surface area (TPSA) is 38.8 Å². The molecule has 0 fully saturated rings. The summed E-state index contributed by atoms with van der Waals surface area (Å²) in [7, 11) is 3.26. The molecule has 0 radical (unpaired) electrons. The van der Waals surface area contributed by atoms with Crippen LogP contribution in [0.15, 0.2) is 72.8 Å². The maximum atomic E-state index is 13.3. The van der Waals surface area contributed by atoms with E-state index in [1.807, 2.05) is 53.4 Å². The fourth-order valence-corrected chi connectivity index (χ4v) is 3.65. The summed E-state index contributed by atoms with van der Waals surface area (Å²) in [5.74, 6) is 1.43. The van der Waals surface area contributed by atoms with Crippen LogP contribution in [0.25, 0.3) is 0 Å². The van der Waals surface area contributed by atoms with Gasteiger partial charge in [-0.3, -0.25) is 4.79 Å². The van der Waals surface area contributed by atoms with E-state index in [1.165, 1.54) is 5.56 Å². The lowest BCUT2D eigenvalue weighted by Crippen LogP contribution is -2.32. The predicted octanol–water partition coefficient (Wildman–Crippen LogP) is 5.89. The molecule has 0 atom stereocenters. The second-order valence-electron chi connectivity index (χ2n) is 8.98. The number of nitrogens with zero attached hydrogens (tertiary/aromatic N) is 1. The maximum absolute atomic E-state index is 13.3. The lowest BCUT2D eigenvalue weighted by Gasteiger charge is -2.24. The largest absolute Gasteiger partial charge is 0.493 e. The van der Waals surface area contributed by atoms with Gasteiger partial charge in [0.1, 0.15) is 0 Å². The summed E-state index contributed by atoms with van der Waals surface area (Å²) in [6, 6.07) is 23.9. The highest BCUT2D eigenvalue weighted by Crippen LogP contribution is 2.28. The van der Waals surface area contributed by atoms with E-state index in [0.29, 0.717) is 30.2 Å². The van der Waals surface area contributed by atoms with Crippen molar-refractivity contribution in [1.29, 1.82) is 0 Å². The van der Waals surface area contributed by atoms with Gasteiger partial charge in [-0.2, -0.15) is 0 Å². The van der Waals surface area contributed by atoms with Crippen molar-refractivity contribution in [1.82, 2.24) is 4.90 Å². The minimum atomic E-state index is 0.0333. The standard InChI is InChI=1S/C28H33NO3/c1-28(2,3)24-14-11-22(12-15-24)20-29(27(30)23-9-7-6-8-10-23)18-17-21-13-16-25(31-4)26(19-21)32-5/h6-16,19H,17-18,20H2,1-5H3. The SMILES string of the molecule is COc1ccc(CCN(Cc2ccc(C(C)(C)C)cc2)C(=O)c2ccccc2)cc1OC. The van der Waals surface area contributed by atoms with Crippen molar-refractivity contribution < 1.29 is 14.3 Å². The number of carbonyl (C=O) groups excluding carboxylic acids is 1. The van der Waals surface area contributed by atoms with Gasteiger partial charge in [0, 0.05) is 18.7 Å².